The average molecular weight is 216 g/mol. The van der Waals surface area contributed by atoms with E-state index in [9.17, 15) is 4.79 Å². The Morgan fingerprint density at radius 1 is 1.31 bits per heavy atom. The summed E-state index contributed by atoms with van der Waals surface area (Å²) >= 11 is 0. The summed E-state index contributed by atoms with van der Waals surface area (Å²) in [4.78, 5) is 10.6. The van der Waals surface area contributed by atoms with E-state index >= 15 is 0 Å². The second-order valence-electron chi connectivity index (χ2n) is 4.15. The third-order valence-corrected chi connectivity index (χ3v) is 2.86. The maximum atomic E-state index is 10.6. The van der Waals surface area contributed by atoms with Gasteiger partial charge in [0.15, 0.2) is 0 Å². The fourth-order valence-corrected chi connectivity index (χ4v) is 1.96. The molecular weight excluding hydrogens is 200 g/mol. The van der Waals surface area contributed by atoms with Crippen LogP contribution in [0, 0.1) is 0 Å². The van der Waals surface area contributed by atoms with Crippen LogP contribution in [0.4, 0.5) is 0 Å². The number of hydrogen-bond donors (Lipinski definition) is 0. The standard InChI is InChI=1S/C14H16O2/c15-10-13-7-4-8-14(16-11-13)9-12-5-2-1-3-6-12/h1-3,5-6,10-11,14H,4,7-9H2. The third-order valence-electron chi connectivity index (χ3n) is 2.86. The summed E-state index contributed by atoms with van der Waals surface area (Å²) in [6, 6.07) is 10.3. The normalized spacial score (nSPS) is 20.5. The number of carbonyl (C=O) groups excluding carboxylic acids is 1. The molecule has 1 aromatic rings. The molecule has 0 amide bonds. The Hall–Kier alpha value is -1.57. The van der Waals surface area contributed by atoms with Gasteiger partial charge in [0.25, 0.3) is 0 Å². The minimum Gasteiger partial charge on any atom is -0.497 e. The molecule has 0 radical (unpaired) electrons. The van der Waals surface area contributed by atoms with Crippen LogP contribution >= 0.6 is 0 Å². The minimum absolute atomic E-state index is 0.208. The summed E-state index contributed by atoms with van der Waals surface area (Å²) < 4.78 is 5.62. The summed E-state index contributed by atoms with van der Waals surface area (Å²) in [6.45, 7) is 0. The number of benzene rings is 1. The first-order chi connectivity index (χ1) is 7.88. The Balaban J connectivity index is 1.96. The van der Waals surface area contributed by atoms with Crippen molar-refractivity contribution in [3.63, 3.8) is 0 Å². The van der Waals surface area contributed by atoms with Gasteiger partial charge >= 0.3 is 0 Å². The van der Waals surface area contributed by atoms with Gasteiger partial charge in [0.1, 0.15) is 12.4 Å². The lowest BCUT2D eigenvalue weighted by Crippen LogP contribution is -2.12. The average Bonchev–Trinajstić information content (AvgIpc) is 2.56. The van der Waals surface area contributed by atoms with Crippen molar-refractivity contribution in [3.8, 4) is 0 Å². The second-order valence-corrected chi connectivity index (χ2v) is 4.15. The molecule has 1 aliphatic heterocycles. The van der Waals surface area contributed by atoms with Crippen molar-refractivity contribution in [2.75, 3.05) is 0 Å². The van der Waals surface area contributed by atoms with Crippen molar-refractivity contribution in [1.82, 2.24) is 0 Å². The van der Waals surface area contributed by atoms with Gasteiger partial charge in [-0.05, 0) is 24.8 Å². The van der Waals surface area contributed by atoms with Crippen molar-refractivity contribution < 1.29 is 9.53 Å². The predicted octanol–water partition coefficient (Wildman–Crippen LogP) is 2.88. The van der Waals surface area contributed by atoms with Gasteiger partial charge in [-0.1, -0.05) is 30.3 Å². The number of allylic oxidation sites excluding steroid dienone is 1. The van der Waals surface area contributed by atoms with Crippen molar-refractivity contribution in [2.24, 2.45) is 0 Å². The smallest absolute Gasteiger partial charge is 0.149 e. The molecule has 0 aliphatic carbocycles. The molecule has 16 heavy (non-hydrogen) atoms. The molecule has 1 heterocycles. The first-order valence-electron chi connectivity index (χ1n) is 5.72. The van der Waals surface area contributed by atoms with Gasteiger partial charge in [0.05, 0.1) is 6.26 Å². The molecule has 0 saturated heterocycles. The molecule has 1 aliphatic rings. The molecule has 1 aromatic carbocycles. The van der Waals surface area contributed by atoms with Crippen molar-refractivity contribution in [1.29, 1.82) is 0 Å². The number of hydrogen-bond acceptors (Lipinski definition) is 2. The van der Waals surface area contributed by atoms with E-state index < -0.39 is 0 Å². The van der Waals surface area contributed by atoms with Gasteiger partial charge < -0.3 is 4.74 Å². The Labute approximate surface area is 95.9 Å². The summed E-state index contributed by atoms with van der Waals surface area (Å²) in [5.74, 6) is 0. The van der Waals surface area contributed by atoms with Crippen LogP contribution in [0.25, 0.3) is 0 Å². The summed E-state index contributed by atoms with van der Waals surface area (Å²) in [6.07, 6.45) is 6.54. The number of carbonyl (C=O) groups is 1. The van der Waals surface area contributed by atoms with Gasteiger partial charge in [-0.15, -0.1) is 0 Å². The molecule has 0 N–H and O–H groups in total. The highest BCUT2D eigenvalue weighted by Crippen LogP contribution is 2.18. The predicted molar refractivity (Wildman–Crippen MR) is 63.0 cm³/mol. The number of rotatable bonds is 3. The molecule has 0 bridgehead atoms. The zero-order valence-corrected chi connectivity index (χ0v) is 9.26. The topological polar surface area (TPSA) is 26.3 Å². The molecule has 1 unspecified atom stereocenters. The van der Waals surface area contributed by atoms with Crippen molar-refractivity contribution >= 4 is 6.29 Å². The highest BCUT2D eigenvalue weighted by molar-refractivity contribution is 5.72. The molecule has 2 nitrogen and oxygen atoms in total. The fraction of sp³-hybridized carbons (Fsp3) is 0.357. The second kappa shape index (κ2) is 5.50. The highest BCUT2D eigenvalue weighted by atomic mass is 16.5. The summed E-state index contributed by atoms with van der Waals surface area (Å²) in [5.41, 5.74) is 2.06. The molecule has 0 spiro atoms. The molecular formula is C14H16O2. The Morgan fingerprint density at radius 2 is 2.12 bits per heavy atom. The highest BCUT2D eigenvalue weighted by Gasteiger charge is 2.13. The zero-order chi connectivity index (χ0) is 11.2. The molecule has 0 fully saturated rings. The van der Waals surface area contributed by atoms with Gasteiger partial charge in [-0.2, -0.15) is 0 Å². The number of aldehydes is 1. The molecule has 0 aromatic heterocycles. The van der Waals surface area contributed by atoms with Crippen LogP contribution in [0.15, 0.2) is 42.2 Å². The zero-order valence-electron chi connectivity index (χ0n) is 9.26. The largest absolute Gasteiger partial charge is 0.497 e. The van der Waals surface area contributed by atoms with Crippen LogP contribution in [-0.4, -0.2) is 12.4 Å². The van der Waals surface area contributed by atoms with E-state index in [1.807, 2.05) is 18.2 Å². The Kier molecular flexibility index (Phi) is 3.76. The molecule has 0 saturated carbocycles. The molecule has 1 atom stereocenters. The molecule has 2 rings (SSSR count). The lowest BCUT2D eigenvalue weighted by molar-refractivity contribution is -0.105. The van der Waals surface area contributed by atoms with Gasteiger partial charge in [0.2, 0.25) is 0 Å². The molecule has 84 valence electrons. The van der Waals surface area contributed by atoms with E-state index in [1.165, 1.54) is 5.56 Å². The minimum atomic E-state index is 0.208. The Morgan fingerprint density at radius 3 is 2.88 bits per heavy atom. The lowest BCUT2D eigenvalue weighted by Gasteiger charge is -2.14. The van der Waals surface area contributed by atoms with Crippen molar-refractivity contribution in [2.45, 2.75) is 31.8 Å². The fourth-order valence-electron chi connectivity index (χ4n) is 1.96. The first-order valence-corrected chi connectivity index (χ1v) is 5.72. The SMILES string of the molecule is O=CC1=COC(Cc2ccccc2)CCC1. The van der Waals surface area contributed by atoms with E-state index in [2.05, 4.69) is 12.1 Å². The van der Waals surface area contributed by atoms with E-state index in [0.717, 1.165) is 37.5 Å². The summed E-state index contributed by atoms with van der Waals surface area (Å²) in [5, 5.41) is 0. The van der Waals surface area contributed by atoms with E-state index in [4.69, 9.17) is 4.74 Å². The summed E-state index contributed by atoms with van der Waals surface area (Å²) in [7, 11) is 0. The number of ether oxygens (including phenoxy) is 1. The third kappa shape index (κ3) is 2.96. The van der Waals surface area contributed by atoms with Crippen LogP contribution in [-0.2, 0) is 16.0 Å². The first kappa shape index (κ1) is 10.9. The maximum absolute atomic E-state index is 10.6. The van der Waals surface area contributed by atoms with Crippen LogP contribution < -0.4 is 0 Å². The van der Waals surface area contributed by atoms with E-state index in [0.29, 0.717) is 0 Å². The van der Waals surface area contributed by atoms with Crippen LogP contribution in [0.3, 0.4) is 0 Å². The van der Waals surface area contributed by atoms with Crippen LogP contribution in [0.1, 0.15) is 24.8 Å². The monoisotopic (exact) mass is 216 g/mol. The van der Waals surface area contributed by atoms with Crippen LogP contribution in [0.2, 0.25) is 0 Å². The van der Waals surface area contributed by atoms with Gasteiger partial charge in [-0.3, -0.25) is 4.79 Å². The van der Waals surface area contributed by atoms with Gasteiger partial charge in [0, 0.05) is 12.0 Å². The lowest BCUT2D eigenvalue weighted by atomic mass is 10.0. The van der Waals surface area contributed by atoms with Gasteiger partial charge in [-0.25, -0.2) is 0 Å². The molecule has 2 heteroatoms. The van der Waals surface area contributed by atoms with Crippen LogP contribution in [0.5, 0.6) is 0 Å². The van der Waals surface area contributed by atoms with Crippen molar-refractivity contribution in [3.05, 3.63) is 47.7 Å². The maximum Gasteiger partial charge on any atom is 0.149 e. The van der Waals surface area contributed by atoms with E-state index in [-0.39, 0.29) is 6.10 Å². The Bertz CT molecular complexity index is 368. The quantitative estimate of drug-likeness (QED) is 0.726. The van der Waals surface area contributed by atoms with E-state index in [1.54, 1.807) is 6.26 Å².